The summed E-state index contributed by atoms with van der Waals surface area (Å²) in [7, 11) is 0. The van der Waals surface area contributed by atoms with Crippen LogP contribution in [0.4, 0.5) is 5.69 Å². The van der Waals surface area contributed by atoms with E-state index < -0.39 is 18.5 Å². The van der Waals surface area contributed by atoms with E-state index in [2.05, 4.69) is 5.32 Å². The Hall–Kier alpha value is -3.12. The number of amides is 1. The summed E-state index contributed by atoms with van der Waals surface area (Å²) < 4.78 is 10.4. The molecule has 0 aliphatic rings. The molecule has 0 radical (unpaired) electrons. The van der Waals surface area contributed by atoms with Crippen molar-refractivity contribution < 1.29 is 18.7 Å². The average molecular weight is 400 g/mol. The minimum absolute atomic E-state index is 0.265. The summed E-state index contributed by atoms with van der Waals surface area (Å²) >= 11 is 6.15. The van der Waals surface area contributed by atoms with E-state index in [4.69, 9.17) is 20.8 Å². The SMILES string of the molecule is Cc1cc(C)c(NC(=O)COC(=O)c2cc(=O)c3cc(C)ccc3o2)c(Cl)c1. The van der Waals surface area contributed by atoms with Crippen LogP contribution >= 0.6 is 11.6 Å². The lowest BCUT2D eigenvalue weighted by Crippen LogP contribution is -2.22. The Morgan fingerprint density at radius 3 is 2.54 bits per heavy atom. The van der Waals surface area contributed by atoms with Crippen LogP contribution in [0.25, 0.3) is 11.0 Å². The van der Waals surface area contributed by atoms with E-state index in [1.807, 2.05) is 26.8 Å². The van der Waals surface area contributed by atoms with E-state index in [0.29, 0.717) is 16.1 Å². The predicted molar refractivity (Wildman–Crippen MR) is 107 cm³/mol. The Labute approximate surface area is 166 Å². The molecular weight excluding hydrogens is 382 g/mol. The fourth-order valence-electron chi connectivity index (χ4n) is 2.82. The summed E-state index contributed by atoms with van der Waals surface area (Å²) in [6.45, 7) is 5.01. The van der Waals surface area contributed by atoms with Crippen LogP contribution in [0.15, 0.2) is 45.6 Å². The summed E-state index contributed by atoms with van der Waals surface area (Å²) in [5.41, 5.74) is 3.03. The molecule has 3 aromatic rings. The van der Waals surface area contributed by atoms with E-state index in [1.165, 1.54) is 0 Å². The summed E-state index contributed by atoms with van der Waals surface area (Å²) in [5.74, 6) is -1.72. The summed E-state index contributed by atoms with van der Waals surface area (Å²) in [5, 5.41) is 3.39. The highest BCUT2D eigenvalue weighted by Crippen LogP contribution is 2.27. The first-order valence-electron chi connectivity index (χ1n) is 8.53. The lowest BCUT2D eigenvalue weighted by molar-refractivity contribution is -0.119. The molecule has 0 fully saturated rings. The van der Waals surface area contributed by atoms with Gasteiger partial charge in [0.25, 0.3) is 5.91 Å². The third-order valence-corrected chi connectivity index (χ3v) is 4.41. The van der Waals surface area contributed by atoms with E-state index >= 15 is 0 Å². The minimum atomic E-state index is -0.901. The van der Waals surface area contributed by atoms with E-state index in [1.54, 1.807) is 24.3 Å². The van der Waals surface area contributed by atoms with Crippen LogP contribution in [0, 0.1) is 20.8 Å². The number of aryl methyl sites for hydroxylation is 3. The Bertz CT molecular complexity index is 1130. The highest BCUT2D eigenvalue weighted by atomic mass is 35.5. The number of carbonyl (C=O) groups excluding carboxylic acids is 2. The molecule has 3 rings (SSSR count). The monoisotopic (exact) mass is 399 g/mol. The fraction of sp³-hybridized carbons (Fsp3) is 0.190. The number of fused-ring (bicyclic) bond motifs is 1. The summed E-state index contributed by atoms with van der Waals surface area (Å²) in [6, 6.07) is 9.71. The molecule has 0 unspecified atom stereocenters. The molecule has 2 aromatic carbocycles. The maximum atomic E-state index is 12.2. The zero-order chi connectivity index (χ0) is 20.4. The molecule has 1 amide bonds. The molecule has 144 valence electrons. The van der Waals surface area contributed by atoms with Crippen molar-refractivity contribution in [2.75, 3.05) is 11.9 Å². The second-order valence-corrected chi connectivity index (χ2v) is 6.94. The third-order valence-electron chi connectivity index (χ3n) is 4.11. The third kappa shape index (κ3) is 4.23. The van der Waals surface area contributed by atoms with Crippen LogP contribution in [0.1, 0.15) is 27.2 Å². The van der Waals surface area contributed by atoms with E-state index in [0.717, 1.165) is 22.8 Å². The number of hydrogen-bond acceptors (Lipinski definition) is 5. The quantitative estimate of drug-likeness (QED) is 0.665. The van der Waals surface area contributed by atoms with Crippen molar-refractivity contribution in [3.05, 3.63) is 74.1 Å². The first-order valence-corrected chi connectivity index (χ1v) is 8.90. The van der Waals surface area contributed by atoms with Crippen molar-refractivity contribution >= 4 is 40.1 Å². The molecule has 0 saturated carbocycles. The Kier molecular flexibility index (Phi) is 5.51. The van der Waals surface area contributed by atoms with Gasteiger partial charge in [-0.15, -0.1) is 0 Å². The van der Waals surface area contributed by atoms with Crippen LogP contribution in [0.5, 0.6) is 0 Å². The Balaban J connectivity index is 1.70. The van der Waals surface area contributed by atoms with Gasteiger partial charge in [0.05, 0.1) is 16.1 Å². The largest absolute Gasteiger partial charge is 0.450 e. The minimum Gasteiger partial charge on any atom is -0.450 e. The molecule has 0 saturated heterocycles. The number of halogens is 1. The zero-order valence-corrected chi connectivity index (χ0v) is 16.3. The normalized spacial score (nSPS) is 10.7. The van der Waals surface area contributed by atoms with Gasteiger partial charge in [-0.2, -0.15) is 0 Å². The lowest BCUT2D eigenvalue weighted by Gasteiger charge is -2.11. The second kappa shape index (κ2) is 7.86. The number of hydrogen-bond donors (Lipinski definition) is 1. The maximum absolute atomic E-state index is 12.2. The maximum Gasteiger partial charge on any atom is 0.374 e. The van der Waals surface area contributed by atoms with Gasteiger partial charge in [-0.05, 0) is 50.1 Å². The van der Waals surface area contributed by atoms with Gasteiger partial charge in [0.1, 0.15) is 5.58 Å². The van der Waals surface area contributed by atoms with Crippen LogP contribution in [0.3, 0.4) is 0 Å². The molecule has 28 heavy (non-hydrogen) atoms. The number of nitrogens with one attached hydrogen (secondary N) is 1. The fourth-order valence-corrected chi connectivity index (χ4v) is 3.19. The number of rotatable bonds is 4. The van der Waals surface area contributed by atoms with Crippen molar-refractivity contribution in [3.63, 3.8) is 0 Å². The number of ether oxygens (including phenoxy) is 1. The van der Waals surface area contributed by atoms with E-state index in [-0.39, 0.29) is 16.8 Å². The number of anilines is 1. The van der Waals surface area contributed by atoms with Crippen LogP contribution in [-0.2, 0) is 9.53 Å². The van der Waals surface area contributed by atoms with Gasteiger partial charge < -0.3 is 14.5 Å². The van der Waals surface area contributed by atoms with Crippen molar-refractivity contribution in [2.24, 2.45) is 0 Å². The smallest absolute Gasteiger partial charge is 0.374 e. The second-order valence-electron chi connectivity index (χ2n) is 6.54. The first-order chi connectivity index (χ1) is 13.2. The zero-order valence-electron chi connectivity index (χ0n) is 15.6. The van der Waals surface area contributed by atoms with Crippen LogP contribution in [-0.4, -0.2) is 18.5 Å². The number of esters is 1. The molecule has 6 nitrogen and oxygen atoms in total. The van der Waals surface area contributed by atoms with Gasteiger partial charge in [-0.3, -0.25) is 9.59 Å². The average Bonchev–Trinajstić information content (AvgIpc) is 2.63. The topological polar surface area (TPSA) is 85.6 Å². The first kappa shape index (κ1) is 19.6. The molecule has 1 aromatic heterocycles. The van der Waals surface area contributed by atoms with Crippen molar-refractivity contribution in [1.82, 2.24) is 0 Å². The molecule has 0 bridgehead atoms. The van der Waals surface area contributed by atoms with Crippen molar-refractivity contribution in [2.45, 2.75) is 20.8 Å². The van der Waals surface area contributed by atoms with Crippen molar-refractivity contribution in [3.8, 4) is 0 Å². The van der Waals surface area contributed by atoms with Crippen LogP contribution in [0.2, 0.25) is 5.02 Å². The molecule has 0 aliphatic carbocycles. The highest BCUT2D eigenvalue weighted by molar-refractivity contribution is 6.34. The number of carbonyl (C=O) groups is 2. The molecular formula is C21H18ClNO5. The molecule has 7 heteroatoms. The summed E-state index contributed by atoms with van der Waals surface area (Å²) in [6.07, 6.45) is 0. The molecule has 0 aliphatic heterocycles. The predicted octanol–water partition coefficient (Wildman–Crippen LogP) is 4.17. The molecule has 1 heterocycles. The lowest BCUT2D eigenvalue weighted by atomic mass is 10.1. The Morgan fingerprint density at radius 2 is 1.82 bits per heavy atom. The molecule has 0 spiro atoms. The van der Waals surface area contributed by atoms with Gasteiger partial charge in [0, 0.05) is 6.07 Å². The van der Waals surface area contributed by atoms with Gasteiger partial charge in [0.15, 0.2) is 12.0 Å². The van der Waals surface area contributed by atoms with Crippen LogP contribution < -0.4 is 10.7 Å². The number of benzene rings is 2. The highest BCUT2D eigenvalue weighted by Gasteiger charge is 2.16. The molecule has 1 N–H and O–H groups in total. The van der Waals surface area contributed by atoms with Gasteiger partial charge >= 0.3 is 5.97 Å². The summed E-state index contributed by atoms with van der Waals surface area (Å²) in [4.78, 5) is 36.5. The van der Waals surface area contributed by atoms with Gasteiger partial charge in [0.2, 0.25) is 5.76 Å². The van der Waals surface area contributed by atoms with Gasteiger partial charge in [-0.25, -0.2) is 4.79 Å². The Morgan fingerprint density at radius 1 is 1.07 bits per heavy atom. The van der Waals surface area contributed by atoms with Crippen molar-refractivity contribution in [1.29, 1.82) is 0 Å². The van der Waals surface area contributed by atoms with E-state index in [9.17, 15) is 14.4 Å². The molecule has 0 atom stereocenters. The van der Waals surface area contributed by atoms with Gasteiger partial charge in [-0.1, -0.05) is 29.3 Å². The standard InChI is InChI=1S/C21H18ClNO5/c1-11-4-5-17-14(7-11)16(24)9-18(28-17)21(26)27-10-19(25)23-20-13(3)6-12(2)8-15(20)22/h4-9H,10H2,1-3H3,(H,23,25).